The first-order valence-electron chi connectivity index (χ1n) is 10.9. The number of thiocarbonyl (C=S) groups is 1. The minimum absolute atomic E-state index is 0.0119. The van der Waals surface area contributed by atoms with Gasteiger partial charge < -0.3 is 30.3 Å². The van der Waals surface area contributed by atoms with Crippen LogP contribution in [0, 0.1) is 0 Å². The van der Waals surface area contributed by atoms with Gasteiger partial charge in [0.2, 0.25) is 5.95 Å². The van der Waals surface area contributed by atoms with Gasteiger partial charge in [-0.2, -0.15) is 0 Å². The zero-order valence-electron chi connectivity index (χ0n) is 19.3. The zero-order valence-corrected chi connectivity index (χ0v) is 20.1. The van der Waals surface area contributed by atoms with Crippen molar-refractivity contribution in [1.82, 2.24) is 15.3 Å². The normalized spacial score (nSPS) is 24.7. The first kappa shape index (κ1) is 22.7. The van der Waals surface area contributed by atoms with Gasteiger partial charge in [-0.25, -0.2) is 9.97 Å². The molecule has 0 aliphatic carbocycles. The fourth-order valence-electron chi connectivity index (χ4n) is 3.94. The molecule has 0 saturated carbocycles. The standard InChI is InChI=1S/C23H32N6O2S/c1-23(2,3)18-10-11-24-21(28-18)26-16-12-30-20-17(13-31-19(16)20)27-22(32)25-14-6-8-15(9-7-14)29(4)5/h6-11,16-17,19-20H,12-13H2,1-5H3,(H,24,26,28)(H2,25,27,32)/t16-,17+,19-,20+/m1/s1. The Hall–Kier alpha value is -2.49. The molecule has 4 rings (SSSR count). The SMILES string of the molecule is CN(C)c1ccc(NC(=S)N[C@H]2CO[C@H]3[C@H]2OC[C@H]3Nc2nccc(C(C)(C)C)n2)cc1. The lowest BCUT2D eigenvalue weighted by Gasteiger charge is -2.21. The Bertz CT molecular complexity index is 946. The van der Waals surface area contributed by atoms with Crippen LogP contribution in [0.4, 0.5) is 17.3 Å². The van der Waals surface area contributed by atoms with E-state index in [1.54, 1.807) is 6.20 Å². The largest absolute Gasteiger partial charge is 0.378 e. The Labute approximate surface area is 195 Å². The van der Waals surface area contributed by atoms with E-state index in [0.717, 1.165) is 17.1 Å². The van der Waals surface area contributed by atoms with E-state index in [0.29, 0.717) is 24.3 Å². The van der Waals surface area contributed by atoms with Crippen LogP contribution in [0.1, 0.15) is 26.5 Å². The number of nitrogens with zero attached hydrogens (tertiary/aromatic N) is 3. The summed E-state index contributed by atoms with van der Waals surface area (Å²) in [6.45, 7) is 7.47. The number of benzene rings is 1. The molecule has 3 N–H and O–H groups in total. The van der Waals surface area contributed by atoms with Crippen molar-refractivity contribution in [2.45, 2.75) is 50.5 Å². The topological polar surface area (TPSA) is 83.6 Å². The molecular weight excluding hydrogens is 424 g/mol. The van der Waals surface area contributed by atoms with Gasteiger partial charge in [0, 0.05) is 37.1 Å². The molecule has 2 aliphatic rings. The molecule has 172 valence electrons. The number of hydrogen-bond donors (Lipinski definition) is 3. The van der Waals surface area contributed by atoms with Crippen LogP contribution in [0.2, 0.25) is 0 Å². The number of rotatable bonds is 5. The van der Waals surface area contributed by atoms with Gasteiger partial charge in [-0.15, -0.1) is 0 Å². The summed E-state index contributed by atoms with van der Waals surface area (Å²) in [5, 5.41) is 10.5. The Morgan fingerprint density at radius 2 is 1.69 bits per heavy atom. The van der Waals surface area contributed by atoms with Crippen LogP contribution in [0.3, 0.4) is 0 Å². The van der Waals surface area contributed by atoms with Crippen LogP contribution < -0.4 is 20.9 Å². The van der Waals surface area contributed by atoms with E-state index in [1.807, 2.05) is 44.4 Å². The van der Waals surface area contributed by atoms with Crippen molar-refractivity contribution in [3.05, 3.63) is 42.2 Å². The summed E-state index contributed by atoms with van der Waals surface area (Å²) in [6.07, 6.45) is 1.61. The van der Waals surface area contributed by atoms with E-state index in [1.165, 1.54) is 0 Å². The molecule has 1 aromatic carbocycles. The molecule has 0 amide bonds. The van der Waals surface area contributed by atoms with E-state index in [-0.39, 0.29) is 29.7 Å². The third-order valence-electron chi connectivity index (χ3n) is 5.75. The maximum atomic E-state index is 6.07. The summed E-state index contributed by atoms with van der Waals surface area (Å²) in [6, 6.07) is 10.0. The summed E-state index contributed by atoms with van der Waals surface area (Å²) in [5.41, 5.74) is 3.03. The van der Waals surface area contributed by atoms with Crippen molar-refractivity contribution in [2.75, 3.05) is 42.8 Å². The minimum atomic E-state index is -0.0887. The third-order valence-corrected chi connectivity index (χ3v) is 5.97. The minimum Gasteiger partial charge on any atom is -0.378 e. The Kier molecular flexibility index (Phi) is 6.50. The molecule has 8 nitrogen and oxygen atoms in total. The number of nitrogens with one attached hydrogen (secondary N) is 3. The molecule has 0 radical (unpaired) electrons. The zero-order chi connectivity index (χ0) is 22.9. The Morgan fingerprint density at radius 3 is 2.34 bits per heavy atom. The van der Waals surface area contributed by atoms with Gasteiger partial charge in [-0.3, -0.25) is 0 Å². The predicted octanol–water partition coefficient (Wildman–Crippen LogP) is 2.77. The lowest BCUT2D eigenvalue weighted by atomic mass is 9.92. The maximum Gasteiger partial charge on any atom is 0.223 e. The number of hydrogen-bond acceptors (Lipinski definition) is 7. The summed E-state index contributed by atoms with van der Waals surface area (Å²) in [4.78, 5) is 11.1. The van der Waals surface area contributed by atoms with Crippen molar-refractivity contribution in [1.29, 1.82) is 0 Å². The van der Waals surface area contributed by atoms with Gasteiger partial charge >= 0.3 is 0 Å². The highest BCUT2D eigenvalue weighted by Crippen LogP contribution is 2.29. The maximum absolute atomic E-state index is 6.07. The molecule has 0 spiro atoms. The van der Waals surface area contributed by atoms with Crippen LogP contribution >= 0.6 is 12.2 Å². The van der Waals surface area contributed by atoms with Crippen LogP contribution in [-0.4, -0.2) is 66.7 Å². The van der Waals surface area contributed by atoms with Gasteiger partial charge in [-0.1, -0.05) is 20.8 Å². The van der Waals surface area contributed by atoms with Crippen molar-refractivity contribution >= 4 is 34.7 Å². The van der Waals surface area contributed by atoms with E-state index in [2.05, 4.69) is 51.6 Å². The Balaban J connectivity index is 1.32. The smallest absolute Gasteiger partial charge is 0.223 e. The Morgan fingerprint density at radius 1 is 1.03 bits per heavy atom. The van der Waals surface area contributed by atoms with Gasteiger partial charge in [0.1, 0.15) is 12.2 Å². The molecule has 2 aliphatic heterocycles. The highest BCUT2D eigenvalue weighted by atomic mass is 32.1. The molecule has 2 aromatic rings. The fraction of sp³-hybridized carbons (Fsp3) is 0.522. The summed E-state index contributed by atoms with van der Waals surface area (Å²) < 4.78 is 12.1. The molecule has 3 heterocycles. The molecule has 0 bridgehead atoms. The molecule has 0 unspecified atom stereocenters. The molecule has 32 heavy (non-hydrogen) atoms. The first-order chi connectivity index (χ1) is 15.2. The van der Waals surface area contributed by atoms with Crippen LogP contribution in [-0.2, 0) is 14.9 Å². The second-order valence-electron chi connectivity index (χ2n) is 9.51. The number of anilines is 3. The third kappa shape index (κ3) is 5.11. The van der Waals surface area contributed by atoms with Crippen molar-refractivity contribution < 1.29 is 9.47 Å². The monoisotopic (exact) mass is 456 g/mol. The van der Waals surface area contributed by atoms with E-state index in [9.17, 15) is 0 Å². The van der Waals surface area contributed by atoms with Gasteiger partial charge in [-0.05, 0) is 42.5 Å². The van der Waals surface area contributed by atoms with Crippen molar-refractivity contribution in [3.63, 3.8) is 0 Å². The molecule has 2 saturated heterocycles. The van der Waals surface area contributed by atoms with Crippen molar-refractivity contribution in [3.8, 4) is 0 Å². The van der Waals surface area contributed by atoms with Crippen molar-refractivity contribution in [2.24, 2.45) is 0 Å². The summed E-state index contributed by atoms with van der Waals surface area (Å²) >= 11 is 5.52. The predicted molar refractivity (Wildman–Crippen MR) is 132 cm³/mol. The van der Waals surface area contributed by atoms with E-state index in [4.69, 9.17) is 21.7 Å². The molecule has 9 heteroatoms. The van der Waals surface area contributed by atoms with E-state index >= 15 is 0 Å². The lowest BCUT2D eigenvalue weighted by Crippen LogP contribution is -2.46. The molecule has 2 fully saturated rings. The molecule has 4 atom stereocenters. The van der Waals surface area contributed by atoms with Gasteiger partial charge in [0.25, 0.3) is 0 Å². The van der Waals surface area contributed by atoms with Gasteiger partial charge in [0.05, 0.1) is 31.0 Å². The first-order valence-corrected chi connectivity index (χ1v) is 11.3. The van der Waals surface area contributed by atoms with Crippen LogP contribution in [0.25, 0.3) is 0 Å². The van der Waals surface area contributed by atoms with E-state index < -0.39 is 0 Å². The second kappa shape index (κ2) is 9.17. The fourth-order valence-corrected chi connectivity index (χ4v) is 4.21. The average Bonchev–Trinajstić information content (AvgIpc) is 3.31. The molecular formula is C23H32N6O2S. The quantitative estimate of drug-likeness (QED) is 0.588. The summed E-state index contributed by atoms with van der Waals surface area (Å²) in [7, 11) is 4.03. The highest BCUT2D eigenvalue weighted by Gasteiger charge is 2.48. The van der Waals surface area contributed by atoms with Gasteiger partial charge in [0.15, 0.2) is 5.11 Å². The highest BCUT2D eigenvalue weighted by molar-refractivity contribution is 7.80. The lowest BCUT2D eigenvalue weighted by molar-refractivity contribution is 0.0689. The average molecular weight is 457 g/mol. The number of ether oxygens (including phenoxy) is 2. The summed E-state index contributed by atoms with van der Waals surface area (Å²) in [5.74, 6) is 0.602. The van der Waals surface area contributed by atoms with Crippen LogP contribution in [0.5, 0.6) is 0 Å². The number of aromatic nitrogens is 2. The van der Waals surface area contributed by atoms with Crippen LogP contribution in [0.15, 0.2) is 36.5 Å². The molecule has 1 aromatic heterocycles. The second-order valence-corrected chi connectivity index (χ2v) is 9.92. The number of fused-ring (bicyclic) bond motifs is 1.